The van der Waals surface area contributed by atoms with Crippen LogP contribution >= 0.6 is 0 Å². The molecule has 2 rings (SSSR count). The van der Waals surface area contributed by atoms with Crippen molar-refractivity contribution in [3.63, 3.8) is 0 Å². The lowest BCUT2D eigenvalue weighted by atomic mass is 10.1. The Morgan fingerprint density at radius 1 is 0.625 bits per heavy atom. The van der Waals surface area contributed by atoms with Gasteiger partial charge < -0.3 is 17.7 Å². The van der Waals surface area contributed by atoms with Gasteiger partial charge in [0.05, 0.1) is 12.2 Å². The van der Waals surface area contributed by atoms with Gasteiger partial charge in [-0.15, -0.1) is 0 Å². The van der Waals surface area contributed by atoms with Crippen molar-refractivity contribution in [2.75, 3.05) is 6.61 Å². The molecule has 0 aliphatic rings. The zero-order valence-electron chi connectivity index (χ0n) is 25.8. The van der Waals surface area contributed by atoms with Crippen LogP contribution in [0.4, 0.5) is 4.39 Å². The highest BCUT2D eigenvalue weighted by molar-refractivity contribution is 6.87. The van der Waals surface area contributed by atoms with Gasteiger partial charge in [0.25, 0.3) is 0 Å². The van der Waals surface area contributed by atoms with Crippen molar-refractivity contribution in [3.8, 4) is 11.5 Å². The summed E-state index contributed by atoms with van der Waals surface area (Å²) < 4.78 is 37.3. The van der Waals surface area contributed by atoms with Crippen molar-refractivity contribution in [2.45, 2.75) is 110 Å². The van der Waals surface area contributed by atoms with Gasteiger partial charge in [-0.05, 0) is 107 Å². The van der Waals surface area contributed by atoms with Crippen molar-refractivity contribution in [3.05, 3.63) is 59.9 Å². The van der Waals surface area contributed by atoms with E-state index < -0.39 is 31.2 Å². The number of hydrogen-bond acceptors (Lipinski definition) is 5. The first-order chi connectivity index (χ1) is 18.7. The molecule has 9 heteroatoms. The second-order valence-corrected chi connectivity index (χ2v) is 25.6. The molecule has 0 fully saturated rings. The second kappa shape index (κ2) is 16.6. The fraction of sp³-hybridized carbons (Fsp3) is 0.581. The summed E-state index contributed by atoms with van der Waals surface area (Å²) in [5, 5.41) is 0. The van der Waals surface area contributed by atoms with E-state index in [1.807, 2.05) is 0 Å². The lowest BCUT2D eigenvalue weighted by molar-refractivity contribution is 0.0734. The van der Waals surface area contributed by atoms with Crippen LogP contribution in [0.15, 0.2) is 48.5 Å². The molecule has 0 aromatic heterocycles. The van der Waals surface area contributed by atoms with Gasteiger partial charge in [0.15, 0.2) is 16.6 Å². The molecule has 224 valence electrons. The van der Waals surface area contributed by atoms with Gasteiger partial charge in [0.2, 0.25) is 0 Å². The Balaban J connectivity index is 1.51. The minimum Gasteiger partial charge on any atom is -0.494 e. The van der Waals surface area contributed by atoms with E-state index in [-0.39, 0.29) is 5.82 Å². The molecule has 0 amide bonds. The van der Waals surface area contributed by atoms with Crippen LogP contribution in [0, 0.1) is 5.82 Å². The molecule has 40 heavy (non-hydrogen) atoms. The van der Waals surface area contributed by atoms with Crippen molar-refractivity contribution >= 4 is 31.2 Å². The van der Waals surface area contributed by atoms with Crippen LogP contribution in [0.25, 0.3) is 0 Å². The Labute approximate surface area is 245 Å². The first kappa shape index (κ1) is 34.4. The van der Waals surface area contributed by atoms with Gasteiger partial charge >= 0.3 is 14.5 Å². The largest absolute Gasteiger partial charge is 0.494 e. The highest BCUT2D eigenvalue weighted by Gasteiger charge is 2.39. The van der Waals surface area contributed by atoms with Crippen LogP contribution in [0.2, 0.25) is 51.9 Å². The fourth-order valence-electron chi connectivity index (χ4n) is 4.75. The van der Waals surface area contributed by atoms with Crippen molar-refractivity contribution in [1.82, 2.24) is 0 Å². The fourth-order valence-corrected chi connectivity index (χ4v) is 17.4. The first-order valence-electron chi connectivity index (χ1n) is 14.9. The Kier molecular flexibility index (Phi) is 14.3. The monoisotopic (exact) mass is 606 g/mol. The summed E-state index contributed by atoms with van der Waals surface area (Å²) in [5.41, 5.74) is 0.424. The lowest BCUT2D eigenvalue weighted by Gasteiger charge is -2.38. The lowest BCUT2D eigenvalue weighted by Crippen LogP contribution is -2.52. The number of benzene rings is 2. The number of esters is 1. The number of unbranched alkanes of at least 4 members (excludes halogenated alkanes) is 8. The van der Waals surface area contributed by atoms with Gasteiger partial charge in [0.1, 0.15) is 17.3 Å². The molecule has 2 aromatic carbocycles. The molecule has 0 heterocycles. The van der Waals surface area contributed by atoms with Crippen molar-refractivity contribution in [1.29, 1.82) is 0 Å². The maximum atomic E-state index is 13.0. The first-order valence-corrected chi connectivity index (χ1v) is 24.2. The third kappa shape index (κ3) is 15.3. The van der Waals surface area contributed by atoms with Crippen LogP contribution < -0.4 is 9.47 Å². The van der Waals surface area contributed by atoms with Crippen molar-refractivity contribution in [2.24, 2.45) is 0 Å². The molecule has 0 N–H and O–H groups in total. The minimum absolute atomic E-state index is 0.312. The zero-order valence-corrected chi connectivity index (χ0v) is 28.8. The smallest absolute Gasteiger partial charge is 0.343 e. The summed E-state index contributed by atoms with van der Waals surface area (Å²) in [5.74, 6) is 0.198. The maximum absolute atomic E-state index is 13.0. The van der Waals surface area contributed by atoms with Crippen LogP contribution in [-0.4, -0.2) is 37.8 Å². The number of halogens is 1. The quantitative estimate of drug-likeness (QED) is 0.0689. The van der Waals surface area contributed by atoms with Crippen LogP contribution in [0.5, 0.6) is 11.5 Å². The average Bonchev–Trinajstić information content (AvgIpc) is 2.84. The molecule has 0 bridgehead atoms. The van der Waals surface area contributed by atoms with Crippen LogP contribution in [0.1, 0.15) is 68.1 Å². The van der Waals surface area contributed by atoms with E-state index >= 15 is 0 Å². The number of carbonyl (C=O) groups excluding carboxylic acids is 1. The summed E-state index contributed by atoms with van der Waals surface area (Å²) in [6.07, 6.45) is 11.1. The van der Waals surface area contributed by atoms with E-state index in [1.54, 1.807) is 24.3 Å². The molecule has 2 aromatic rings. The molecule has 5 nitrogen and oxygen atoms in total. The topological polar surface area (TPSA) is 54.0 Å². The molecule has 0 saturated carbocycles. The minimum atomic E-state index is -2.08. The standard InChI is InChI=1S/C31H51FO5Si3/c1-38(2,3)36-40(7,37-39(4,5)6)26-16-14-12-10-8-9-11-13-15-25-34-29-21-17-27(18-22-29)31(33)35-30-23-19-28(32)20-24-30/h17-24H,8-16,25-26H2,1-7H3. The van der Waals surface area contributed by atoms with Gasteiger partial charge in [-0.3, -0.25) is 0 Å². The Hall–Kier alpha value is -1.79. The summed E-state index contributed by atoms with van der Waals surface area (Å²) in [7, 11) is -5.30. The molecule has 0 aliphatic heterocycles. The summed E-state index contributed by atoms with van der Waals surface area (Å²) in [6.45, 7) is 16.6. The Morgan fingerprint density at radius 2 is 1.07 bits per heavy atom. The normalized spacial score (nSPS) is 12.4. The Morgan fingerprint density at radius 3 is 1.57 bits per heavy atom. The van der Waals surface area contributed by atoms with E-state index in [2.05, 4.69) is 45.8 Å². The van der Waals surface area contributed by atoms with Gasteiger partial charge in [-0.2, -0.15) is 0 Å². The molecule has 0 spiro atoms. The van der Waals surface area contributed by atoms with E-state index in [9.17, 15) is 9.18 Å². The van der Waals surface area contributed by atoms with Crippen LogP contribution in [-0.2, 0) is 8.23 Å². The summed E-state index contributed by atoms with van der Waals surface area (Å²) >= 11 is 0. The average molecular weight is 607 g/mol. The zero-order chi connectivity index (χ0) is 29.7. The van der Waals surface area contributed by atoms with E-state index in [4.69, 9.17) is 17.7 Å². The highest BCUT2D eigenvalue weighted by atomic mass is 28.5. The third-order valence-corrected chi connectivity index (χ3v) is 15.8. The van der Waals surface area contributed by atoms with Gasteiger partial charge in [-0.1, -0.05) is 51.4 Å². The maximum Gasteiger partial charge on any atom is 0.343 e. The van der Waals surface area contributed by atoms with E-state index in [0.29, 0.717) is 17.9 Å². The van der Waals surface area contributed by atoms with Gasteiger partial charge in [0, 0.05) is 0 Å². The molecule has 0 radical (unpaired) electrons. The SMILES string of the molecule is C[Si](C)(C)O[Si](C)(CCCCCCCCCCCOc1ccc(C(=O)Oc2ccc(F)cc2)cc1)O[Si](C)(C)C. The van der Waals surface area contributed by atoms with Gasteiger partial charge in [-0.25, -0.2) is 9.18 Å². The predicted octanol–water partition coefficient (Wildman–Crippen LogP) is 9.71. The summed E-state index contributed by atoms with van der Waals surface area (Å²) in [4.78, 5) is 12.2. The molecule has 0 saturated heterocycles. The Bertz CT molecular complexity index is 986. The molecular weight excluding hydrogens is 556 g/mol. The molecule has 0 atom stereocenters. The van der Waals surface area contributed by atoms with Crippen molar-refractivity contribution < 1.29 is 26.9 Å². The molecular formula is C31H51FO5Si3. The summed E-state index contributed by atoms with van der Waals surface area (Å²) in [6, 6.07) is 13.4. The number of ether oxygens (including phenoxy) is 2. The number of hydrogen-bond donors (Lipinski definition) is 0. The number of carbonyl (C=O) groups is 1. The molecule has 0 aliphatic carbocycles. The number of rotatable bonds is 19. The molecule has 0 unspecified atom stereocenters. The third-order valence-electron chi connectivity index (χ3n) is 6.20. The van der Waals surface area contributed by atoms with Crippen LogP contribution in [0.3, 0.4) is 0 Å². The van der Waals surface area contributed by atoms with E-state index in [0.717, 1.165) is 24.6 Å². The second-order valence-electron chi connectivity index (χ2n) is 12.7. The highest BCUT2D eigenvalue weighted by Crippen LogP contribution is 2.27. The van der Waals surface area contributed by atoms with E-state index in [1.165, 1.54) is 69.2 Å². The predicted molar refractivity (Wildman–Crippen MR) is 170 cm³/mol.